The fraction of sp³-hybridized carbons (Fsp3) is 0.389. The van der Waals surface area contributed by atoms with Gasteiger partial charge < -0.3 is 10.2 Å². The van der Waals surface area contributed by atoms with Gasteiger partial charge in [-0.2, -0.15) is 0 Å². The first-order chi connectivity index (χ1) is 11.6. The molecule has 0 bridgehead atoms. The molecule has 0 saturated carbocycles. The average molecular weight is 325 g/mol. The van der Waals surface area contributed by atoms with Crippen LogP contribution in [0.25, 0.3) is 5.57 Å². The average Bonchev–Trinajstić information content (AvgIpc) is 2.93. The van der Waals surface area contributed by atoms with E-state index in [1.54, 1.807) is 4.90 Å². The quantitative estimate of drug-likeness (QED) is 0.789. The monoisotopic (exact) mass is 325 g/mol. The van der Waals surface area contributed by atoms with Gasteiger partial charge in [-0.05, 0) is 42.2 Å². The number of imide groups is 1. The third-order valence-corrected chi connectivity index (χ3v) is 4.99. The van der Waals surface area contributed by atoms with Crippen molar-refractivity contribution in [2.75, 3.05) is 13.1 Å². The van der Waals surface area contributed by atoms with Gasteiger partial charge in [0, 0.05) is 25.1 Å². The molecule has 1 aromatic carbocycles. The molecule has 3 heterocycles. The Morgan fingerprint density at radius 1 is 1.08 bits per heavy atom. The van der Waals surface area contributed by atoms with E-state index in [4.69, 9.17) is 0 Å². The van der Waals surface area contributed by atoms with Crippen molar-refractivity contribution >= 4 is 23.3 Å². The van der Waals surface area contributed by atoms with E-state index in [0.29, 0.717) is 18.5 Å². The van der Waals surface area contributed by atoms with Crippen LogP contribution in [0.3, 0.4) is 0 Å². The summed E-state index contributed by atoms with van der Waals surface area (Å²) in [7, 11) is 0. The lowest BCUT2D eigenvalue weighted by molar-refractivity contribution is -0.136. The van der Waals surface area contributed by atoms with Gasteiger partial charge in [0.2, 0.25) is 11.8 Å². The molecule has 6 nitrogen and oxygen atoms in total. The maximum Gasteiger partial charge on any atom is 0.255 e. The Balaban J connectivity index is 1.66. The lowest BCUT2D eigenvalue weighted by atomic mass is 9.93. The molecule has 0 spiro atoms. The molecule has 1 saturated heterocycles. The van der Waals surface area contributed by atoms with Crippen LogP contribution in [0.15, 0.2) is 24.3 Å². The number of amides is 3. The van der Waals surface area contributed by atoms with Crippen LogP contribution in [0.4, 0.5) is 0 Å². The molecule has 24 heavy (non-hydrogen) atoms. The molecule has 3 amide bonds. The van der Waals surface area contributed by atoms with Crippen molar-refractivity contribution in [1.82, 2.24) is 15.5 Å². The van der Waals surface area contributed by atoms with E-state index in [0.717, 1.165) is 30.6 Å². The number of hydrogen-bond donors (Lipinski definition) is 2. The zero-order valence-electron chi connectivity index (χ0n) is 13.3. The molecule has 1 unspecified atom stereocenters. The Bertz CT molecular complexity index is 769. The third-order valence-electron chi connectivity index (χ3n) is 4.99. The van der Waals surface area contributed by atoms with Crippen LogP contribution in [0.2, 0.25) is 0 Å². The van der Waals surface area contributed by atoms with Crippen molar-refractivity contribution < 1.29 is 14.4 Å². The lowest BCUT2D eigenvalue weighted by Gasteiger charge is -2.29. The van der Waals surface area contributed by atoms with Crippen molar-refractivity contribution in [3.63, 3.8) is 0 Å². The number of hydrogen-bond acceptors (Lipinski definition) is 4. The fourth-order valence-electron chi connectivity index (χ4n) is 3.75. The molecule has 1 atom stereocenters. The van der Waals surface area contributed by atoms with Crippen LogP contribution in [0, 0.1) is 0 Å². The number of carbonyl (C=O) groups is 3. The van der Waals surface area contributed by atoms with Crippen molar-refractivity contribution in [3.05, 3.63) is 41.0 Å². The normalized spacial score (nSPS) is 23.8. The summed E-state index contributed by atoms with van der Waals surface area (Å²) in [5, 5.41) is 5.63. The maximum absolute atomic E-state index is 12.8. The SMILES string of the molecule is O=C1CCC(N2Cc3c(cccc3C3=CCNCC3)C2=O)C(=O)N1. The van der Waals surface area contributed by atoms with E-state index in [9.17, 15) is 14.4 Å². The topological polar surface area (TPSA) is 78.5 Å². The van der Waals surface area contributed by atoms with E-state index in [1.807, 2.05) is 12.1 Å². The largest absolute Gasteiger partial charge is 0.322 e. The van der Waals surface area contributed by atoms with E-state index in [1.165, 1.54) is 5.57 Å². The Labute approximate surface area is 139 Å². The zero-order chi connectivity index (χ0) is 16.7. The van der Waals surface area contributed by atoms with Crippen molar-refractivity contribution in [2.24, 2.45) is 0 Å². The molecule has 0 aliphatic carbocycles. The number of nitrogens with zero attached hydrogens (tertiary/aromatic N) is 1. The first-order valence-corrected chi connectivity index (χ1v) is 8.32. The molecule has 0 aromatic heterocycles. The Morgan fingerprint density at radius 2 is 1.92 bits per heavy atom. The standard InChI is InChI=1S/C18H19N3O3/c22-16-5-4-15(17(23)20-16)21-10-14-12(11-6-8-19-9-7-11)2-1-3-13(14)18(21)24/h1-3,6,15,19H,4-5,7-10H2,(H,20,22,23). The molecule has 2 N–H and O–H groups in total. The summed E-state index contributed by atoms with van der Waals surface area (Å²) in [6.07, 6.45) is 3.77. The number of benzene rings is 1. The minimum Gasteiger partial charge on any atom is -0.322 e. The Morgan fingerprint density at radius 3 is 2.67 bits per heavy atom. The van der Waals surface area contributed by atoms with Crippen LogP contribution in [0.1, 0.15) is 40.7 Å². The van der Waals surface area contributed by atoms with Gasteiger partial charge in [-0.3, -0.25) is 19.7 Å². The first kappa shape index (κ1) is 15.1. The van der Waals surface area contributed by atoms with Crippen molar-refractivity contribution in [1.29, 1.82) is 0 Å². The second-order valence-corrected chi connectivity index (χ2v) is 6.42. The summed E-state index contributed by atoms with van der Waals surface area (Å²) in [5.74, 6) is -0.744. The van der Waals surface area contributed by atoms with Crippen LogP contribution < -0.4 is 10.6 Å². The van der Waals surface area contributed by atoms with Gasteiger partial charge >= 0.3 is 0 Å². The number of rotatable bonds is 2. The number of piperidine rings is 1. The number of fused-ring (bicyclic) bond motifs is 1. The van der Waals surface area contributed by atoms with Crippen LogP contribution in [0.5, 0.6) is 0 Å². The van der Waals surface area contributed by atoms with Gasteiger partial charge in [0.25, 0.3) is 5.91 Å². The molecule has 0 radical (unpaired) electrons. The summed E-state index contributed by atoms with van der Waals surface area (Å²) in [5.41, 5.74) is 4.04. The highest BCUT2D eigenvalue weighted by Crippen LogP contribution is 2.34. The van der Waals surface area contributed by atoms with Crippen molar-refractivity contribution in [2.45, 2.75) is 31.8 Å². The van der Waals surface area contributed by atoms with Gasteiger partial charge in [0.15, 0.2) is 0 Å². The summed E-state index contributed by atoms with van der Waals surface area (Å²) < 4.78 is 0. The molecule has 6 heteroatoms. The molecule has 4 rings (SSSR count). The van der Waals surface area contributed by atoms with Gasteiger partial charge in [-0.1, -0.05) is 18.2 Å². The molecular formula is C18H19N3O3. The second kappa shape index (κ2) is 5.87. The molecule has 124 valence electrons. The maximum atomic E-state index is 12.8. The van der Waals surface area contributed by atoms with Gasteiger partial charge in [0.05, 0.1) is 0 Å². The van der Waals surface area contributed by atoms with E-state index in [-0.39, 0.29) is 24.1 Å². The third kappa shape index (κ3) is 2.43. The highest BCUT2D eigenvalue weighted by molar-refractivity contribution is 6.06. The summed E-state index contributed by atoms with van der Waals surface area (Å²) >= 11 is 0. The Kier molecular flexibility index (Phi) is 3.69. The highest BCUT2D eigenvalue weighted by atomic mass is 16.2. The first-order valence-electron chi connectivity index (χ1n) is 8.32. The predicted octanol–water partition coefficient (Wildman–Crippen LogP) is 0.824. The van der Waals surface area contributed by atoms with Crippen LogP contribution >= 0.6 is 0 Å². The molecular weight excluding hydrogens is 306 g/mol. The summed E-state index contributed by atoms with van der Waals surface area (Å²) in [6, 6.07) is 5.23. The smallest absolute Gasteiger partial charge is 0.255 e. The van der Waals surface area contributed by atoms with Gasteiger partial charge in [0.1, 0.15) is 6.04 Å². The molecule has 1 aromatic rings. The number of nitrogens with one attached hydrogen (secondary N) is 2. The number of carbonyl (C=O) groups excluding carboxylic acids is 3. The van der Waals surface area contributed by atoms with Crippen molar-refractivity contribution in [3.8, 4) is 0 Å². The van der Waals surface area contributed by atoms with Gasteiger partial charge in [-0.15, -0.1) is 0 Å². The van der Waals surface area contributed by atoms with Crippen LogP contribution in [-0.4, -0.2) is 41.8 Å². The molecule has 3 aliphatic rings. The van der Waals surface area contributed by atoms with E-state index >= 15 is 0 Å². The Hall–Kier alpha value is -2.47. The molecule has 3 aliphatic heterocycles. The minimum atomic E-state index is -0.558. The fourth-order valence-corrected chi connectivity index (χ4v) is 3.75. The predicted molar refractivity (Wildman–Crippen MR) is 88.0 cm³/mol. The van der Waals surface area contributed by atoms with Crippen LogP contribution in [-0.2, 0) is 16.1 Å². The van der Waals surface area contributed by atoms with E-state index < -0.39 is 6.04 Å². The second-order valence-electron chi connectivity index (χ2n) is 6.42. The summed E-state index contributed by atoms with van der Waals surface area (Å²) in [6.45, 7) is 2.20. The van der Waals surface area contributed by atoms with Gasteiger partial charge in [-0.25, -0.2) is 0 Å². The lowest BCUT2D eigenvalue weighted by Crippen LogP contribution is -2.52. The highest BCUT2D eigenvalue weighted by Gasteiger charge is 2.39. The summed E-state index contributed by atoms with van der Waals surface area (Å²) in [4.78, 5) is 37.9. The molecule has 1 fully saturated rings. The zero-order valence-corrected chi connectivity index (χ0v) is 13.3. The minimum absolute atomic E-state index is 0.115. The van der Waals surface area contributed by atoms with E-state index in [2.05, 4.69) is 22.8 Å².